The van der Waals surface area contributed by atoms with Gasteiger partial charge >= 0.3 is 5.97 Å². The first-order chi connectivity index (χ1) is 13.2. The Labute approximate surface area is 163 Å². The SMILES string of the molecule is CC(=O)c1ccc(-c2ccc(C(=O)OCC(=O)NC(C)(C#N)C(C)C)o2)cc1. The normalized spacial score (nSPS) is 12.7. The molecule has 0 fully saturated rings. The Morgan fingerprint density at radius 2 is 1.82 bits per heavy atom. The molecule has 1 heterocycles. The van der Waals surface area contributed by atoms with E-state index in [1.165, 1.54) is 13.0 Å². The van der Waals surface area contributed by atoms with Crippen molar-refractivity contribution < 1.29 is 23.5 Å². The van der Waals surface area contributed by atoms with Crippen molar-refractivity contribution in [3.63, 3.8) is 0 Å². The molecule has 0 saturated heterocycles. The standard InChI is InChI=1S/C21H22N2O5/c1-13(2)21(4,12-22)23-19(25)11-27-20(26)18-10-9-17(28-18)16-7-5-15(6-8-16)14(3)24/h5-10,13H,11H2,1-4H3,(H,23,25). The highest BCUT2D eigenvalue weighted by atomic mass is 16.5. The van der Waals surface area contributed by atoms with Gasteiger partial charge in [-0.25, -0.2) is 4.79 Å². The van der Waals surface area contributed by atoms with E-state index in [0.29, 0.717) is 16.9 Å². The Hall–Kier alpha value is -3.40. The number of nitriles is 1. The predicted octanol–water partition coefficient (Wildman–Crippen LogP) is 3.36. The van der Waals surface area contributed by atoms with Gasteiger partial charge in [0.2, 0.25) is 5.76 Å². The van der Waals surface area contributed by atoms with E-state index < -0.39 is 24.0 Å². The van der Waals surface area contributed by atoms with Crippen LogP contribution >= 0.6 is 0 Å². The maximum absolute atomic E-state index is 12.1. The van der Waals surface area contributed by atoms with E-state index in [1.807, 2.05) is 19.9 Å². The van der Waals surface area contributed by atoms with Crippen LogP contribution in [-0.2, 0) is 9.53 Å². The number of carbonyl (C=O) groups excluding carboxylic acids is 3. The number of ether oxygens (including phenoxy) is 1. The van der Waals surface area contributed by atoms with Gasteiger partial charge in [0.25, 0.3) is 5.91 Å². The Balaban J connectivity index is 1.98. The molecule has 1 aromatic heterocycles. The number of nitrogens with one attached hydrogen (secondary N) is 1. The lowest BCUT2D eigenvalue weighted by Crippen LogP contribution is -2.50. The van der Waals surface area contributed by atoms with Crippen molar-refractivity contribution in [3.8, 4) is 17.4 Å². The molecular weight excluding hydrogens is 360 g/mol. The number of benzene rings is 1. The van der Waals surface area contributed by atoms with Crippen LogP contribution in [0.1, 0.15) is 48.6 Å². The van der Waals surface area contributed by atoms with E-state index in [0.717, 1.165) is 0 Å². The monoisotopic (exact) mass is 382 g/mol. The van der Waals surface area contributed by atoms with Crippen LogP contribution in [0.25, 0.3) is 11.3 Å². The molecule has 0 radical (unpaired) electrons. The lowest BCUT2D eigenvalue weighted by Gasteiger charge is -2.27. The Kier molecular flexibility index (Phi) is 6.37. The minimum Gasteiger partial charge on any atom is -0.450 e. The average molecular weight is 382 g/mol. The van der Waals surface area contributed by atoms with E-state index in [2.05, 4.69) is 5.32 Å². The summed E-state index contributed by atoms with van der Waals surface area (Å²) in [5.41, 5.74) is 0.225. The van der Waals surface area contributed by atoms with Gasteiger partial charge in [0, 0.05) is 11.1 Å². The van der Waals surface area contributed by atoms with Gasteiger partial charge < -0.3 is 14.5 Å². The fourth-order valence-corrected chi connectivity index (χ4v) is 2.30. The highest BCUT2D eigenvalue weighted by molar-refractivity contribution is 5.94. The van der Waals surface area contributed by atoms with Gasteiger partial charge in [0.15, 0.2) is 12.4 Å². The number of rotatable bonds is 7. The second-order valence-corrected chi connectivity index (χ2v) is 6.89. The molecule has 146 valence electrons. The second-order valence-electron chi connectivity index (χ2n) is 6.89. The first kappa shape index (κ1) is 20.9. The molecule has 2 rings (SSSR count). The summed E-state index contributed by atoms with van der Waals surface area (Å²) in [6, 6.07) is 11.9. The molecule has 0 spiro atoms. The molecule has 1 atom stereocenters. The number of furan rings is 1. The van der Waals surface area contributed by atoms with Crippen LogP contribution in [0.3, 0.4) is 0 Å². The van der Waals surface area contributed by atoms with Crippen molar-refractivity contribution >= 4 is 17.7 Å². The van der Waals surface area contributed by atoms with Crippen LogP contribution < -0.4 is 5.32 Å². The lowest BCUT2D eigenvalue weighted by molar-refractivity contribution is -0.125. The van der Waals surface area contributed by atoms with Gasteiger partial charge in [-0.2, -0.15) is 5.26 Å². The predicted molar refractivity (Wildman–Crippen MR) is 101 cm³/mol. The van der Waals surface area contributed by atoms with Crippen molar-refractivity contribution in [3.05, 3.63) is 47.7 Å². The zero-order valence-electron chi connectivity index (χ0n) is 16.2. The van der Waals surface area contributed by atoms with Crippen LogP contribution in [0.15, 0.2) is 40.8 Å². The van der Waals surface area contributed by atoms with Crippen LogP contribution in [0.2, 0.25) is 0 Å². The summed E-state index contributed by atoms with van der Waals surface area (Å²) in [6.07, 6.45) is 0. The number of ketones is 1. The summed E-state index contributed by atoms with van der Waals surface area (Å²) in [5, 5.41) is 11.8. The molecule has 1 N–H and O–H groups in total. The highest BCUT2D eigenvalue weighted by Gasteiger charge is 2.30. The third kappa shape index (κ3) is 4.86. The largest absolute Gasteiger partial charge is 0.450 e. The number of hydrogen-bond acceptors (Lipinski definition) is 6. The zero-order valence-corrected chi connectivity index (χ0v) is 16.2. The van der Waals surface area contributed by atoms with Crippen LogP contribution in [-0.4, -0.2) is 29.8 Å². The average Bonchev–Trinajstić information content (AvgIpc) is 3.16. The van der Waals surface area contributed by atoms with E-state index >= 15 is 0 Å². The third-order valence-corrected chi connectivity index (χ3v) is 4.50. The van der Waals surface area contributed by atoms with Gasteiger partial charge in [-0.1, -0.05) is 38.1 Å². The molecule has 0 aliphatic carbocycles. The summed E-state index contributed by atoms with van der Waals surface area (Å²) < 4.78 is 10.4. The van der Waals surface area contributed by atoms with Crippen LogP contribution in [0, 0.1) is 17.2 Å². The van der Waals surface area contributed by atoms with Crippen molar-refractivity contribution in [1.82, 2.24) is 5.32 Å². The Morgan fingerprint density at radius 3 is 2.36 bits per heavy atom. The van der Waals surface area contributed by atoms with Crippen molar-refractivity contribution in [1.29, 1.82) is 5.26 Å². The van der Waals surface area contributed by atoms with Crippen LogP contribution in [0.5, 0.6) is 0 Å². The summed E-state index contributed by atoms with van der Waals surface area (Å²) in [4.78, 5) is 35.4. The number of Topliss-reactive ketones (excluding diaryl/α,β-unsaturated/α-hetero) is 1. The van der Waals surface area contributed by atoms with Gasteiger partial charge in [0.1, 0.15) is 11.3 Å². The van der Waals surface area contributed by atoms with Crippen molar-refractivity contribution in [2.45, 2.75) is 33.2 Å². The maximum Gasteiger partial charge on any atom is 0.374 e. The lowest BCUT2D eigenvalue weighted by atomic mass is 9.90. The first-order valence-electron chi connectivity index (χ1n) is 8.77. The molecule has 7 nitrogen and oxygen atoms in total. The third-order valence-electron chi connectivity index (χ3n) is 4.50. The van der Waals surface area contributed by atoms with E-state index in [4.69, 9.17) is 9.15 Å². The minimum absolute atomic E-state index is 0.0431. The smallest absolute Gasteiger partial charge is 0.374 e. The second kappa shape index (κ2) is 8.53. The molecule has 1 aromatic carbocycles. The van der Waals surface area contributed by atoms with E-state index in [1.54, 1.807) is 37.3 Å². The van der Waals surface area contributed by atoms with Gasteiger partial charge in [-0.05, 0) is 31.9 Å². The Bertz CT molecular complexity index is 921. The fraction of sp³-hybridized carbons (Fsp3) is 0.333. The first-order valence-corrected chi connectivity index (χ1v) is 8.77. The summed E-state index contributed by atoms with van der Waals surface area (Å²) in [7, 11) is 0. The fourth-order valence-electron chi connectivity index (χ4n) is 2.30. The number of nitrogens with zero attached hydrogens (tertiary/aromatic N) is 1. The molecule has 1 unspecified atom stereocenters. The number of hydrogen-bond donors (Lipinski definition) is 1. The van der Waals surface area contributed by atoms with Gasteiger partial charge in [-0.3, -0.25) is 9.59 Å². The number of esters is 1. The molecule has 2 aromatic rings. The van der Waals surface area contributed by atoms with Crippen molar-refractivity contribution in [2.75, 3.05) is 6.61 Å². The summed E-state index contributed by atoms with van der Waals surface area (Å²) in [5.74, 6) is -1.13. The molecule has 7 heteroatoms. The van der Waals surface area contributed by atoms with Gasteiger partial charge in [-0.15, -0.1) is 0 Å². The summed E-state index contributed by atoms with van der Waals surface area (Å²) in [6.45, 7) is 6.18. The minimum atomic E-state index is -1.05. The molecule has 0 aliphatic rings. The van der Waals surface area contributed by atoms with Crippen LogP contribution in [0.4, 0.5) is 0 Å². The van der Waals surface area contributed by atoms with Crippen molar-refractivity contribution in [2.24, 2.45) is 5.92 Å². The number of carbonyl (C=O) groups is 3. The molecule has 1 amide bonds. The Morgan fingerprint density at radius 1 is 1.18 bits per heavy atom. The topological polar surface area (TPSA) is 109 Å². The van der Waals surface area contributed by atoms with E-state index in [9.17, 15) is 19.6 Å². The summed E-state index contributed by atoms with van der Waals surface area (Å²) >= 11 is 0. The highest BCUT2D eigenvalue weighted by Crippen LogP contribution is 2.23. The zero-order chi connectivity index (χ0) is 20.9. The molecule has 0 bridgehead atoms. The molecular formula is C21H22N2O5. The maximum atomic E-state index is 12.1. The molecule has 0 saturated carbocycles. The van der Waals surface area contributed by atoms with E-state index in [-0.39, 0.29) is 17.5 Å². The molecule has 0 aliphatic heterocycles. The molecule has 28 heavy (non-hydrogen) atoms. The number of amides is 1. The van der Waals surface area contributed by atoms with Gasteiger partial charge in [0.05, 0.1) is 6.07 Å². The quantitative estimate of drug-likeness (QED) is 0.581.